The van der Waals surface area contributed by atoms with Crippen molar-refractivity contribution in [2.45, 2.75) is 0 Å². The highest BCUT2D eigenvalue weighted by molar-refractivity contribution is 6.23. The van der Waals surface area contributed by atoms with Crippen LogP contribution in [0, 0.1) is 0 Å². The van der Waals surface area contributed by atoms with Crippen LogP contribution in [0.15, 0.2) is 174 Å². The van der Waals surface area contributed by atoms with E-state index < -0.39 is 0 Å². The maximum absolute atomic E-state index is 9.71. The summed E-state index contributed by atoms with van der Waals surface area (Å²) >= 11 is 0. The molecule has 0 saturated heterocycles. The number of furan rings is 1. The van der Waals surface area contributed by atoms with E-state index in [9.17, 15) is 4.11 Å². The number of fused-ring (bicyclic) bond motifs is 5. The highest BCUT2D eigenvalue weighted by Gasteiger charge is 2.19. The molecule has 0 aliphatic rings. The van der Waals surface area contributed by atoms with Gasteiger partial charge in [-0.2, -0.15) is 0 Å². The van der Waals surface area contributed by atoms with Gasteiger partial charge in [0.2, 0.25) is 0 Å². The minimum absolute atomic E-state index is 0.0302. The summed E-state index contributed by atoms with van der Waals surface area (Å²) < 4.78 is 61.6. The zero-order valence-electron chi connectivity index (χ0n) is 30.1. The molecule has 0 unspecified atom stereocenters. The minimum atomic E-state index is -0.231. The summed E-state index contributed by atoms with van der Waals surface area (Å²) in [7, 11) is 0. The third-order valence-electron chi connectivity index (χ3n) is 8.54. The normalized spacial score (nSPS) is 13.4. The number of hydrogen-bond acceptors (Lipinski definition) is 1. The zero-order chi connectivity index (χ0) is 35.0. The second-order valence-electron chi connectivity index (χ2n) is 11.1. The van der Waals surface area contributed by atoms with Gasteiger partial charge in [0.05, 0.1) is 8.22 Å². The van der Waals surface area contributed by atoms with Crippen LogP contribution in [-0.4, -0.2) is 0 Å². The summed E-state index contributed by atoms with van der Waals surface area (Å²) in [5.74, 6) is 0. The van der Waals surface area contributed by atoms with Crippen molar-refractivity contribution in [1.82, 2.24) is 0 Å². The summed E-state index contributed by atoms with van der Waals surface area (Å²) in [5.41, 5.74) is 6.00. The van der Waals surface area contributed by atoms with Crippen LogP contribution in [-0.2, 0) is 0 Å². The molecule has 8 aromatic carbocycles. The van der Waals surface area contributed by atoms with E-state index in [0.29, 0.717) is 11.1 Å². The second kappa shape index (κ2) is 10.4. The van der Waals surface area contributed by atoms with Crippen LogP contribution in [0.4, 0.5) is 0 Å². The summed E-state index contributed by atoms with van der Waals surface area (Å²) in [6.45, 7) is 0. The molecule has 1 heterocycles. The Morgan fingerprint density at radius 2 is 0.867 bits per heavy atom. The molecule has 1 aromatic heterocycles. The molecule has 0 radical (unpaired) electrons. The molecule has 0 aliphatic heterocycles. The van der Waals surface area contributed by atoms with Gasteiger partial charge in [0, 0.05) is 10.8 Å². The molecule has 0 aliphatic carbocycles. The van der Waals surface area contributed by atoms with Crippen molar-refractivity contribution in [3.05, 3.63) is 170 Å². The van der Waals surface area contributed by atoms with Gasteiger partial charge in [0.15, 0.2) is 0 Å². The van der Waals surface area contributed by atoms with Crippen molar-refractivity contribution >= 4 is 43.5 Å². The Kier molecular flexibility index (Phi) is 4.63. The Labute approximate surface area is 270 Å². The van der Waals surface area contributed by atoms with E-state index in [-0.39, 0.29) is 69.3 Å². The van der Waals surface area contributed by atoms with Gasteiger partial charge in [-0.05, 0) is 90.2 Å². The molecule has 0 N–H and O–H groups in total. The van der Waals surface area contributed by atoms with Crippen molar-refractivity contribution < 1.29 is 12.6 Å². The van der Waals surface area contributed by atoms with Crippen LogP contribution in [0.2, 0.25) is 0 Å². The van der Waals surface area contributed by atoms with Crippen LogP contribution in [0.25, 0.3) is 88.0 Å². The topological polar surface area (TPSA) is 13.1 Å². The van der Waals surface area contributed by atoms with Gasteiger partial charge in [-0.3, -0.25) is 0 Å². The maximum atomic E-state index is 9.71. The first-order valence-electron chi connectivity index (χ1n) is 18.0. The average molecular weight is 579 g/mol. The van der Waals surface area contributed by atoms with Crippen LogP contribution < -0.4 is 0 Å². The predicted octanol–water partition coefficient (Wildman–Crippen LogP) is 12.6. The summed E-state index contributed by atoms with van der Waals surface area (Å²) in [6, 6.07) is 42.7. The first-order valence-corrected chi connectivity index (χ1v) is 15.0. The molecular weight excluding hydrogens is 544 g/mol. The molecule has 0 fully saturated rings. The number of rotatable bonds is 4. The molecule has 0 atom stereocenters. The Bertz CT molecular complexity index is 2800. The molecule has 0 saturated carbocycles. The van der Waals surface area contributed by atoms with Crippen LogP contribution in [0.5, 0.6) is 0 Å². The molecule has 0 bridgehead atoms. The molecule has 9 rings (SSSR count). The van der Waals surface area contributed by atoms with Gasteiger partial charge in [-0.25, -0.2) is 0 Å². The van der Waals surface area contributed by atoms with Crippen LogP contribution in [0.3, 0.4) is 0 Å². The van der Waals surface area contributed by atoms with E-state index in [1.165, 1.54) is 0 Å². The molecule has 1 nitrogen and oxygen atoms in total. The smallest absolute Gasteiger partial charge is 0.136 e. The maximum Gasteiger partial charge on any atom is 0.136 e. The van der Waals surface area contributed by atoms with Gasteiger partial charge < -0.3 is 4.42 Å². The fourth-order valence-electron chi connectivity index (χ4n) is 6.52. The molecular formula is C44H28O. The van der Waals surface area contributed by atoms with Gasteiger partial charge in [-0.15, -0.1) is 0 Å². The first kappa shape index (κ1) is 20.1. The fourth-order valence-corrected chi connectivity index (χ4v) is 6.52. The minimum Gasteiger partial charge on any atom is -0.456 e. The molecule has 0 spiro atoms. The highest BCUT2D eigenvalue weighted by atomic mass is 16.3. The number of hydrogen-bond donors (Lipinski definition) is 0. The third kappa shape index (κ3) is 4.17. The summed E-state index contributed by atoms with van der Waals surface area (Å²) in [6.07, 6.45) is 0. The van der Waals surface area contributed by atoms with Crippen LogP contribution >= 0.6 is 0 Å². The lowest BCUT2D eigenvalue weighted by atomic mass is 9.83. The van der Waals surface area contributed by atoms with Gasteiger partial charge in [0.1, 0.15) is 11.2 Å². The van der Waals surface area contributed by atoms with Crippen molar-refractivity contribution in [3.63, 3.8) is 0 Å². The van der Waals surface area contributed by atoms with E-state index in [1.807, 2.05) is 84.9 Å². The molecule has 0 amide bonds. The summed E-state index contributed by atoms with van der Waals surface area (Å²) in [4.78, 5) is 0. The standard InChI is InChI=1S/C44H28O/c1-3-13-29(14-4-1)31-23-25-34-40-27-32(24-26-41(40)45-42(34)28-31)43-36-19-9-11-21-38(36)44(39-22-12-10-20-37(39)43)35-18-8-7-17-33(35)30-15-5-2-6-16-30/h1-28H/i23D,24D,25D,26D,27D,28D. The lowest BCUT2D eigenvalue weighted by Gasteiger charge is -2.19. The quantitative estimate of drug-likeness (QED) is 0.189. The third-order valence-corrected chi connectivity index (χ3v) is 8.54. The van der Waals surface area contributed by atoms with Gasteiger partial charge >= 0.3 is 0 Å². The molecule has 9 aromatic rings. The van der Waals surface area contributed by atoms with E-state index in [1.54, 1.807) is 12.1 Å². The average Bonchev–Trinajstić information content (AvgIpc) is 3.59. The van der Waals surface area contributed by atoms with Gasteiger partial charge in [0.25, 0.3) is 0 Å². The first-order chi connectivity index (χ1) is 24.9. The largest absolute Gasteiger partial charge is 0.456 e. The van der Waals surface area contributed by atoms with Crippen molar-refractivity contribution in [3.8, 4) is 44.5 Å². The lowest BCUT2D eigenvalue weighted by Crippen LogP contribution is -1.92. The van der Waals surface area contributed by atoms with Crippen molar-refractivity contribution in [2.24, 2.45) is 0 Å². The van der Waals surface area contributed by atoms with Crippen molar-refractivity contribution in [2.75, 3.05) is 0 Å². The van der Waals surface area contributed by atoms with E-state index in [2.05, 4.69) is 36.4 Å². The van der Waals surface area contributed by atoms with E-state index in [4.69, 9.17) is 8.53 Å². The van der Waals surface area contributed by atoms with Crippen LogP contribution in [0.1, 0.15) is 8.22 Å². The summed E-state index contributed by atoms with van der Waals surface area (Å²) in [5, 5.41) is 3.82. The highest BCUT2D eigenvalue weighted by Crippen LogP contribution is 2.46. The molecule has 45 heavy (non-hydrogen) atoms. The fraction of sp³-hybridized carbons (Fsp3) is 0. The Balaban J connectivity index is 1.41. The van der Waals surface area contributed by atoms with E-state index >= 15 is 0 Å². The lowest BCUT2D eigenvalue weighted by molar-refractivity contribution is 0.669. The Morgan fingerprint density at radius 3 is 1.53 bits per heavy atom. The second-order valence-corrected chi connectivity index (χ2v) is 11.1. The zero-order valence-corrected chi connectivity index (χ0v) is 24.1. The molecule has 1 heteroatoms. The monoisotopic (exact) mass is 578 g/mol. The Morgan fingerprint density at radius 1 is 0.333 bits per heavy atom. The van der Waals surface area contributed by atoms with Crippen molar-refractivity contribution in [1.29, 1.82) is 0 Å². The Hall–Kier alpha value is -5.92. The number of benzene rings is 8. The predicted molar refractivity (Wildman–Crippen MR) is 190 cm³/mol. The van der Waals surface area contributed by atoms with E-state index in [0.717, 1.165) is 43.8 Å². The SMILES string of the molecule is [2H]c1c(-c2c3ccccc3c(-c3ccccc3-c3ccccc3)c3ccccc23)c([2H])c2c(oc3c([2H])c(-c4ccccc4)c([2H])c([2H])c32)c1[2H]. The molecule has 210 valence electrons. The van der Waals surface area contributed by atoms with Gasteiger partial charge in [-0.1, -0.05) is 146 Å².